The number of aromatic amines is 1. The Morgan fingerprint density at radius 3 is 2.30 bits per heavy atom. The molecule has 0 unspecified atom stereocenters. The molecule has 5 atom stereocenters. The van der Waals surface area contributed by atoms with Crippen LogP contribution in [0.3, 0.4) is 0 Å². The summed E-state index contributed by atoms with van der Waals surface area (Å²) < 4.78 is 8.01. The van der Waals surface area contributed by atoms with Gasteiger partial charge in [0, 0.05) is 27.1 Å². The highest BCUT2D eigenvalue weighted by atomic mass is 16.5. The lowest BCUT2D eigenvalue weighted by Gasteiger charge is -2.40. The van der Waals surface area contributed by atoms with Gasteiger partial charge in [-0.25, -0.2) is 0 Å². The summed E-state index contributed by atoms with van der Waals surface area (Å²) in [5, 5.41) is 35.8. The van der Waals surface area contributed by atoms with Gasteiger partial charge in [0.25, 0.3) is 0 Å². The van der Waals surface area contributed by atoms with E-state index in [1.807, 2.05) is 47.0 Å². The minimum atomic E-state index is -1.29. The van der Waals surface area contributed by atoms with Gasteiger partial charge in [0.05, 0.1) is 22.7 Å². The molecule has 152 valence electrons. The number of aliphatic hydroxyl groups excluding tert-OH is 3. The van der Waals surface area contributed by atoms with Crippen LogP contribution in [0.5, 0.6) is 0 Å². The second-order valence-corrected chi connectivity index (χ2v) is 8.15. The van der Waals surface area contributed by atoms with E-state index in [0.717, 1.165) is 43.6 Å². The molecule has 0 spiro atoms. The van der Waals surface area contributed by atoms with Crippen molar-refractivity contribution in [2.75, 3.05) is 0 Å². The Hall–Kier alpha value is -2.90. The fraction of sp³-hybridized carbons (Fsp3) is 0.250. The molecule has 30 heavy (non-hydrogen) atoms. The molecule has 1 fully saturated rings. The molecule has 1 aliphatic rings. The molecule has 6 heteroatoms. The van der Waals surface area contributed by atoms with Crippen molar-refractivity contribution in [2.45, 2.75) is 37.6 Å². The molecule has 0 radical (unpaired) electrons. The summed E-state index contributed by atoms with van der Waals surface area (Å²) in [5.74, 6) is 0. The van der Waals surface area contributed by atoms with Crippen LogP contribution in [0.25, 0.3) is 43.6 Å². The van der Waals surface area contributed by atoms with Gasteiger partial charge in [-0.1, -0.05) is 48.5 Å². The maximum absolute atomic E-state index is 10.9. The zero-order valence-electron chi connectivity index (χ0n) is 16.4. The Bertz CT molecular complexity index is 1420. The van der Waals surface area contributed by atoms with Gasteiger partial charge in [-0.05, 0) is 19.1 Å². The molecule has 0 saturated carbocycles. The van der Waals surface area contributed by atoms with E-state index in [-0.39, 0.29) is 0 Å². The third-order valence-electron chi connectivity index (χ3n) is 6.43. The number of aromatic nitrogens is 2. The maximum atomic E-state index is 10.9. The third-order valence-corrected chi connectivity index (χ3v) is 6.43. The largest absolute Gasteiger partial charge is 0.388 e. The first-order chi connectivity index (χ1) is 14.6. The summed E-state index contributed by atoms with van der Waals surface area (Å²) in [4.78, 5) is 3.54. The van der Waals surface area contributed by atoms with Crippen molar-refractivity contribution in [1.82, 2.24) is 9.55 Å². The molecule has 0 aliphatic carbocycles. The van der Waals surface area contributed by atoms with Crippen molar-refractivity contribution >= 4 is 43.6 Å². The monoisotopic (exact) mass is 402 g/mol. The number of hydrogen-bond donors (Lipinski definition) is 4. The van der Waals surface area contributed by atoms with Crippen molar-refractivity contribution in [3.8, 4) is 0 Å². The molecule has 4 N–H and O–H groups in total. The highest BCUT2D eigenvalue weighted by Crippen LogP contribution is 2.41. The first-order valence-corrected chi connectivity index (χ1v) is 10.2. The Morgan fingerprint density at radius 2 is 1.47 bits per heavy atom. The first-order valence-electron chi connectivity index (χ1n) is 10.2. The fourth-order valence-electron chi connectivity index (χ4n) is 4.91. The van der Waals surface area contributed by atoms with Crippen LogP contribution in [0.15, 0.2) is 60.7 Å². The second kappa shape index (κ2) is 6.30. The van der Waals surface area contributed by atoms with Gasteiger partial charge in [-0.2, -0.15) is 0 Å². The predicted octanol–water partition coefficient (Wildman–Crippen LogP) is 3.43. The van der Waals surface area contributed by atoms with Crippen LogP contribution in [-0.4, -0.2) is 49.3 Å². The van der Waals surface area contributed by atoms with Crippen molar-refractivity contribution < 1.29 is 20.1 Å². The van der Waals surface area contributed by atoms with E-state index in [0.29, 0.717) is 0 Å². The normalized spacial score (nSPS) is 27.5. The van der Waals surface area contributed by atoms with Crippen LogP contribution in [0.4, 0.5) is 0 Å². The molecule has 1 aliphatic heterocycles. The predicted molar refractivity (Wildman–Crippen MR) is 116 cm³/mol. The molecule has 6 rings (SSSR count). The fourth-order valence-corrected chi connectivity index (χ4v) is 4.91. The Morgan fingerprint density at radius 1 is 0.767 bits per heavy atom. The summed E-state index contributed by atoms with van der Waals surface area (Å²) in [6.45, 7) is 1.71. The number of rotatable bonds is 1. The van der Waals surface area contributed by atoms with Crippen LogP contribution in [0.2, 0.25) is 0 Å². The summed E-state index contributed by atoms with van der Waals surface area (Å²) in [7, 11) is 0. The van der Waals surface area contributed by atoms with Gasteiger partial charge in [0.1, 0.15) is 18.3 Å². The number of ether oxygens (including phenoxy) is 1. The highest BCUT2D eigenvalue weighted by molar-refractivity contribution is 6.22. The van der Waals surface area contributed by atoms with Crippen LogP contribution in [0, 0.1) is 0 Å². The number of para-hydroxylation sites is 2. The van der Waals surface area contributed by atoms with Crippen LogP contribution in [0.1, 0.15) is 13.2 Å². The van der Waals surface area contributed by atoms with Crippen LogP contribution in [-0.2, 0) is 4.74 Å². The maximum Gasteiger partial charge on any atom is 0.163 e. The van der Waals surface area contributed by atoms with Gasteiger partial charge >= 0.3 is 0 Å². The summed E-state index contributed by atoms with van der Waals surface area (Å²) in [6.07, 6.45) is -5.16. The lowest BCUT2D eigenvalue weighted by atomic mass is 9.99. The average Bonchev–Trinajstić information content (AvgIpc) is 3.31. The molecule has 1 saturated heterocycles. The lowest BCUT2D eigenvalue weighted by molar-refractivity contribution is -0.238. The Balaban J connectivity index is 1.75. The Labute approximate surface area is 171 Å². The SMILES string of the molecule is C[C@@H]1O[C@@H](n2c3ccccc3c3ccc4c5ccccc5[nH]c4c32)[C@H](O)[C@H](O)[C@H]1O. The summed E-state index contributed by atoms with van der Waals surface area (Å²) >= 11 is 0. The molecule has 2 aromatic heterocycles. The van der Waals surface area contributed by atoms with Crippen LogP contribution >= 0.6 is 0 Å². The van der Waals surface area contributed by atoms with Crippen molar-refractivity contribution in [2.24, 2.45) is 0 Å². The van der Waals surface area contributed by atoms with Crippen molar-refractivity contribution in [3.05, 3.63) is 60.7 Å². The molecule has 3 heterocycles. The van der Waals surface area contributed by atoms with Gasteiger partial charge in [0.2, 0.25) is 0 Å². The third kappa shape index (κ3) is 2.27. The number of H-pyrrole nitrogens is 1. The number of benzene rings is 3. The van der Waals surface area contributed by atoms with E-state index in [9.17, 15) is 15.3 Å². The molecule has 0 amide bonds. The lowest BCUT2D eigenvalue weighted by Crippen LogP contribution is -2.54. The average molecular weight is 402 g/mol. The Kier molecular flexibility index (Phi) is 3.76. The minimum absolute atomic E-state index is 0.619. The zero-order chi connectivity index (χ0) is 20.6. The van der Waals surface area contributed by atoms with Crippen molar-refractivity contribution in [3.63, 3.8) is 0 Å². The quantitative estimate of drug-likeness (QED) is 0.346. The second-order valence-electron chi connectivity index (χ2n) is 8.15. The van der Waals surface area contributed by atoms with E-state index in [1.165, 1.54) is 0 Å². The van der Waals surface area contributed by atoms with Gasteiger partial charge in [0.15, 0.2) is 6.23 Å². The van der Waals surface area contributed by atoms with Gasteiger partial charge in [-0.3, -0.25) is 0 Å². The van der Waals surface area contributed by atoms with E-state index in [2.05, 4.69) is 23.2 Å². The van der Waals surface area contributed by atoms with Gasteiger partial charge < -0.3 is 29.6 Å². The van der Waals surface area contributed by atoms with Crippen molar-refractivity contribution in [1.29, 1.82) is 0 Å². The number of nitrogens with zero attached hydrogens (tertiary/aromatic N) is 1. The van der Waals surface area contributed by atoms with Crippen LogP contribution < -0.4 is 0 Å². The first kappa shape index (κ1) is 17.9. The smallest absolute Gasteiger partial charge is 0.163 e. The minimum Gasteiger partial charge on any atom is -0.388 e. The number of aliphatic hydroxyl groups is 3. The number of nitrogens with one attached hydrogen (secondary N) is 1. The van der Waals surface area contributed by atoms with E-state index >= 15 is 0 Å². The number of fused-ring (bicyclic) bond motifs is 7. The standard InChI is InChI=1S/C24H22N2O4/c1-12-21(27)22(28)23(29)24(30-12)26-18-9-5-3-7-14(18)16-11-10-15-13-6-2-4-8-17(13)25-19(15)20(16)26/h2-12,21-25,27-29H,1H3/t12-,21-,22+,23+,24+/m0/s1. The van der Waals surface area contributed by atoms with E-state index < -0.39 is 30.6 Å². The molecule has 3 aromatic carbocycles. The van der Waals surface area contributed by atoms with E-state index in [4.69, 9.17) is 4.74 Å². The summed E-state index contributed by atoms with van der Waals surface area (Å²) in [6, 6.07) is 20.3. The topological polar surface area (TPSA) is 90.6 Å². The zero-order valence-corrected chi connectivity index (χ0v) is 16.4. The molecule has 6 nitrogen and oxygen atoms in total. The van der Waals surface area contributed by atoms with E-state index in [1.54, 1.807) is 6.92 Å². The molecular formula is C24H22N2O4. The molecule has 5 aromatic rings. The molecular weight excluding hydrogens is 380 g/mol. The summed E-state index contributed by atoms with van der Waals surface area (Å²) in [5.41, 5.74) is 3.79. The number of hydrogen-bond acceptors (Lipinski definition) is 4. The highest BCUT2D eigenvalue weighted by Gasteiger charge is 2.43. The molecule has 0 bridgehead atoms. The van der Waals surface area contributed by atoms with Gasteiger partial charge in [-0.15, -0.1) is 0 Å².